The minimum atomic E-state index is -0.0604. The fourth-order valence-electron chi connectivity index (χ4n) is 1.72. The highest BCUT2D eigenvalue weighted by molar-refractivity contribution is 5.73. The highest BCUT2D eigenvalue weighted by Crippen LogP contribution is 2.02. The van der Waals surface area contributed by atoms with Crippen LogP contribution in [0.4, 0.5) is 4.79 Å². The summed E-state index contributed by atoms with van der Waals surface area (Å²) in [5.41, 5.74) is 0.807. The first-order chi connectivity index (χ1) is 9.02. The number of nitrogens with one attached hydrogen (secondary N) is 1. The molecule has 6 nitrogen and oxygen atoms in total. The quantitative estimate of drug-likeness (QED) is 0.767. The van der Waals surface area contributed by atoms with Crippen LogP contribution < -0.4 is 5.32 Å². The molecule has 0 saturated carbocycles. The van der Waals surface area contributed by atoms with Gasteiger partial charge in [0.1, 0.15) is 5.69 Å². The zero-order valence-electron chi connectivity index (χ0n) is 12.4. The molecular weight excluding hydrogens is 242 g/mol. The van der Waals surface area contributed by atoms with E-state index in [2.05, 4.69) is 29.5 Å². The van der Waals surface area contributed by atoms with Gasteiger partial charge in [-0.2, -0.15) is 0 Å². The molecule has 0 atom stereocenters. The fourth-order valence-corrected chi connectivity index (χ4v) is 1.72. The van der Waals surface area contributed by atoms with Gasteiger partial charge >= 0.3 is 6.03 Å². The zero-order chi connectivity index (χ0) is 14.3. The Kier molecular flexibility index (Phi) is 6.32. The Hall–Kier alpha value is -1.59. The molecule has 0 aliphatic carbocycles. The summed E-state index contributed by atoms with van der Waals surface area (Å²) in [6.45, 7) is 8.37. The molecule has 19 heavy (non-hydrogen) atoms. The predicted octanol–water partition coefficient (Wildman–Crippen LogP) is 1.88. The molecule has 1 rings (SSSR count). The molecule has 1 aromatic rings. The lowest BCUT2D eigenvalue weighted by Gasteiger charge is -2.16. The Labute approximate surface area is 115 Å². The second-order valence-electron chi connectivity index (χ2n) is 5.19. The summed E-state index contributed by atoms with van der Waals surface area (Å²) in [5, 5.41) is 10.9. The van der Waals surface area contributed by atoms with Crippen LogP contribution in [0.25, 0.3) is 0 Å². The molecule has 1 aromatic heterocycles. The number of aryl methyl sites for hydroxylation is 1. The van der Waals surface area contributed by atoms with Crippen LogP contribution in [0, 0.1) is 5.92 Å². The standard InChI is InChI=1S/C13H25N5O/c1-5-18-10-12(15-16-18)9-17(4)13(19)14-8-6-7-11(2)3/h10-11H,5-9H2,1-4H3,(H,14,19). The maximum absolute atomic E-state index is 11.8. The van der Waals surface area contributed by atoms with Crippen LogP contribution in [-0.2, 0) is 13.1 Å². The molecule has 1 N–H and O–H groups in total. The van der Waals surface area contributed by atoms with E-state index in [9.17, 15) is 4.79 Å². The van der Waals surface area contributed by atoms with Gasteiger partial charge in [-0.25, -0.2) is 4.79 Å². The van der Waals surface area contributed by atoms with Crippen LogP contribution in [0.2, 0.25) is 0 Å². The molecule has 108 valence electrons. The Bertz CT molecular complexity index is 388. The van der Waals surface area contributed by atoms with E-state index >= 15 is 0 Å². The summed E-state index contributed by atoms with van der Waals surface area (Å²) >= 11 is 0. The van der Waals surface area contributed by atoms with E-state index in [1.165, 1.54) is 0 Å². The number of urea groups is 1. The van der Waals surface area contributed by atoms with Crippen LogP contribution in [-0.4, -0.2) is 39.5 Å². The molecule has 0 aliphatic rings. The van der Waals surface area contributed by atoms with Gasteiger partial charge in [0.25, 0.3) is 0 Å². The van der Waals surface area contributed by atoms with Gasteiger partial charge in [-0.05, 0) is 25.7 Å². The van der Waals surface area contributed by atoms with Crippen molar-refractivity contribution in [2.45, 2.75) is 46.7 Å². The second-order valence-corrected chi connectivity index (χ2v) is 5.19. The average Bonchev–Trinajstić information content (AvgIpc) is 2.81. The molecule has 0 aliphatic heterocycles. The van der Waals surface area contributed by atoms with Gasteiger partial charge in [-0.1, -0.05) is 19.1 Å². The van der Waals surface area contributed by atoms with E-state index in [0.29, 0.717) is 12.5 Å². The fraction of sp³-hybridized carbons (Fsp3) is 0.769. The number of rotatable bonds is 7. The summed E-state index contributed by atoms with van der Waals surface area (Å²) in [4.78, 5) is 13.5. The maximum Gasteiger partial charge on any atom is 0.317 e. The molecule has 0 spiro atoms. The number of amides is 2. The van der Waals surface area contributed by atoms with Gasteiger partial charge in [0, 0.05) is 20.1 Å². The molecule has 6 heteroatoms. The monoisotopic (exact) mass is 267 g/mol. The number of carbonyl (C=O) groups excluding carboxylic acids is 1. The first-order valence-electron chi connectivity index (χ1n) is 6.91. The van der Waals surface area contributed by atoms with Crippen LogP contribution in [0.15, 0.2) is 6.20 Å². The third kappa shape index (κ3) is 5.72. The third-order valence-electron chi connectivity index (χ3n) is 2.89. The van der Waals surface area contributed by atoms with Crippen LogP contribution in [0.1, 0.15) is 39.3 Å². The minimum absolute atomic E-state index is 0.0604. The molecule has 0 aromatic carbocycles. The van der Waals surface area contributed by atoms with Crippen LogP contribution in [0.3, 0.4) is 0 Å². The zero-order valence-corrected chi connectivity index (χ0v) is 12.4. The lowest BCUT2D eigenvalue weighted by molar-refractivity contribution is 0.206. The Morgan fingerprint density at radius 1 is 1.53 bits per heavy atom. The molecule has 0 saturated heterocycles. The maximum atomic E-state index is 11.8. The van der Waals surface area contributed by atoms with E-state index in [1.54, 1.807) is 16.6 Å². The normalized spacial score (nSPS) is 10.8. The van der Waals surface area contributed by atoms with Crippen molar-refractivity contribution in [3.8, 4) is 0 Å². The number of hydrogen-bond acceptors (Lipinski definition) is 3. The first-order valence-corrected chi connectivity index (χ1v) is 6.91. The van der Waals surface area contributed by atoms with E-state index in [0.717, 1.165) is 31.6 Å². The van der Waals surface area contributed by atoms with Crippen molar-refractivity contribution in [2.24, 2.45) is 5.92 Å². The van der Waals surface area contributed by atoms with E-state index in [4.69, 9.17) is 0 Å². The lowest BCUT2D eigenvalue weighted by Crippen LogP contribution is -2.37. The van der Waals surface area contributed by atoms with Gasteiger partial charge < -0.3 is 10.2 Å². The van der Waals surface area contributed by atoms with Crippen molar-refractivity contribution in [1.82, 2.24) is 25.2 Å². The summed E-state index contributed by atoms with van der Waals surface area (Å²) in [7, 11) is 1.77. The van der Waals surface area contributed by atoms with Crippen molar-refractivity contribution < 1.29 is 4.79 Å². The molecule has 0 bridgehead atoms. The lowest BCUT2D eigenvalue weighted by atomic mass is 10.1. The Balaban J connectivity index is 2.28. The van der Waals surface area contributed by atoms with Gasteiger partial charge in [0.15, 0.2) is 0 Å². The summed E-state index contributed by atoms with van der Waals surface area (Å²) < 4.78 is 1.75. The Morgan fingerprint density at radius 3 is 2.84 bits per heavy atom. The van der Waals surface area contributed by atoms with E-state index < -0.39 is 0 Å². The summed E-state index contributed by atoms with van der Waals surface area (Å²) in [6, 6.07) is -0.0604. The molecule has 1 heterocycles. The smallest absolute Gasteiger partial charge is 0.317 e. The Morgan fingerprint density at radius 2 is 2.26 bits per heavy atom. The van der Waals surface area contributed by atoms with E-state index in [-0.39, 0.29) is 6.03 Å². The topological polar surface area (TPSA) is 63.1 Å². The van der Waals surface area contributed by atoms with Crippen LogP contribution >= 0.6 is 0 Å². The SMILES string of the molecule is CCn1cc(CN(C)C(=O)NCCCC(C)C)nn1. The molecule has 0 radical (unpaired) electrons. The van der Waals surface area contributed by atoms with Gasteiger partial charge in [-0.15, -0.1) is 5.10 Å². The minimum Gasteiger partial charge on any atom is -0.338 e. The number of aromatic nitrogens is 3. The van der Waals surface area contributed by atoms with Gasteiger partial charge in [0.05, 0.1) is 12.7 Å². The first kappa shape index (κ1) is 15.5. The molecule has 0 fully saturated rings. The summed E-state index contributed by atoms with van der Waals surface area (Å²) in [5.74, 6) is 0.679. The van der Waals surface area contributed by atoms with Crippen molar-refractivity contribution in [3.63, 3.8) is 0 Å². The number of hydrogen-bond donors (Lipinski definition) is 1. The average molecular weight is 267 g/mol. The van der Waals surface area contributed by atoms with Crippen molar-refractivity contribution >= 4 is 6.03 Å². The molecule has 2 amide bonds. The van der Waals surface area contributed by atoms with Crippen molar-refractivity contribution in [1.29, 1.82) is 0 Å². The molecule has 0 unspecified atom stereocenters. The number of carbonyl (C=O) groups is 1. The highest BCUT2D eigenvalue weighted by atomic mass is 16.2. The third-order valence-corrected chi connectivity index (χ3v) is 2.89. The van der Waals surface area contributed by atoms with Crippen molar-refractivity contribution in [2.75, 3.05) is 13.6 Å². The second kappa shape index (κ2) is 7.76. The van der Waals surface area contributed by atoms with E-state index in [1.807, 2.05) is 13.1 Å². The van der Waals surface area contributed by atoms with Gasteiger partial charge in [0.2, 0.25) is 0 Å². The van der Waals surface area contributed by atoms with Crippen LogP contribution in [0.5, 0.6) is 0 Å². The highest BCUT2D eigenvalue weighted by Gasteiger charge is 2.10. The van der Waals surface area contributed by atoms with Crippen molar-refractivity contribution in [3.05, 3.63) is 11.9 Å². The number of nitrogens with zero attached hydrogens (tertiary/aromatic N) is 4. The van der Waals surface area contributed by atoms with Gasteiger partial charge in [-0.3, -0.25) is 4.68 Å². The molecular formula is C13H25N5O. The predicted molar refractivity (Wildman–Crippen MR) is 74.6 cm³/mol. The summed E-state index contributed by atoms with van der Waals surface area (Å²) in [6.07, 6.45) is 4.01. The largest absolute Gasteiger partial charge is 0.338 e.